The molecular weight excluding hydrogens is 446 g/mol. The molecule has 0 saturated carbocycles. The molecule has 1 aromatic carbocycles. The average Bonchev–Trinajstić information content (AvgIpc) is 3.05. The van der Waals surface area contributed by atoms with Gasteiger partial charge in [0.05, 0.1) is 0 Å². The van der Waals surface area contributed by atoms with Gasteiger partial charge in [-0.05, 0) is 46.3 Å². The van der Waals surface area contributed by atoms with Crippen LogP contribution in [0.25, 0.3) is 6.08 Å². The third kappa shape index (κ3) is 4.28. The number of hydrogen-bond donors (Lipinski definition) is 0. The van der Waals surface area contributed by atoms with Gasteiger partial charge in [0.2, 0.25) is 15.9 Å². The molecule has 1 aliphatic heterocycles. The Morgan fingerprint density at radius 1 is 1.07 bits per heavy atom. The molecule has 0 bridgehead atoms. The summed E-state index contributed by atoms with van der Waals surface area (Å²) in [6, 6.07) is 6.27. The highest BCUT2D eigenvalue weighted by molar-refractivity contribution is 9.10. The first-order valence-corrected chi connectivity index (χ1v) is 10.2. The lowest BCUT2D eigenvalue weighted by Gasteiger charge is -2.33. The maximum absolute atomic E-state index is 13.8. The zero-order valence-corrected chi connectivity index (χ0v) is 16.3. The third-order valence-corrected chi connectivity index (χ3v) is 6.43. The maximum Gasteiger partial charge on any atom is 0.249 e. The number of nitrogens with zero attached hydrogens (tertiary/aromatic N) is 2. The van der Waals surface area contributed by atoms with Crippen LogP contribution in [0, 0.1) is 11.6 Å². The lowest BCUT2D eigenvalue weighted by molar-refractivity contribution is -0.127. The summed E-state index contributed by atoms with van der Waals surface area (Å²) in [5, 5.41) is 0. The second kappa shape index (κ2) is 7.91. The van der Waals surface area contributed by atoms with E-state index in [4.69, 9.17) is 4.42 Å². The Morgan fingerprint density at radius 2 is 1.70 bits per heavy atom. The minimum atomic E-state index is -4.32. The second-order valence-corrected chi connectivity index (χ2v) is 8.41. The van der Waals surface area contributed by atoms with Crippen molar-refractivity contribution in [1.82, 2.24) is 9.21 Å². The smallest absolute Gasteiger partial charge is 0.249 e. The molecule has 2 heterocycles. The van der Waals surface area contributed by atoms with Crippen molar-refractivity contribution in [2.45, 2.75) is 4.90 Å². The summed E-state index contributed by atoms with van der Waals surface area (Å²) >= 11 is 3.16. The highest BCUT2D eigenvalue weighted by atomic mass is 79.9. The molecular formula is C17H15BrF2N2O4S. The van der Waals surface area contributed by atoms with Crippen molar-refractivity contribution in [1.29, 1.82) is 0 Å². The van der Waals surface area contributed by atoms with Crippen LogP contribution in [0.15, 0.2) is 50.4 Å². The predicted molar refractivity (Wildman–Crippen MR) is 97.1 cm³/mol. The van der Waals surface area contributed by atoms with E-state index in [9.17, 15) is 22.0 Å². The van der Waals surface area contributed by atoms with Crippen LogP contribution in [-0.4, -0.2) is 49.7 Å². The van der Waals surface area contributed by atoms with Gasteiger partial charge < -0.3 is 9.32 Å². The summed E-state index contributed by atoms with van der Waals surface area (Å²) in [4.78, 5) is 12.7. The number of halogens is 3. The highest BCUT2D eigenvalue weighted by Crippen LogP contribution is 2.23. The Labute approximate surface area is 163 Å². The fourth-order valence-corrected chi connectivity index (χ4v) is 4.53. The van der Waals surface area contributed by atoms with Crippen LogP contribution >= 0.6 is 15.9 Å². The Hall–Kier alpha value is -2.04. The van der Waals surface area contributed by atoms with Crippen molar-refractivity contribution >= 4 is 37.9 Å². The summed E-state index contributed by atoms with van der Waals surface area (Å²) in [6.45, 7) is 0.116. The van der Waals surface area contributed by atoms with Crippen LogP contribution in [0.4, 0.5) is 8.78 Å². The number of amides is 1. The minimum absolute atomic E-state index is 0.0536. The third-order valence-electron chi connectivity index (χ3n) is 4.05. The number of carbonyl (C=O) groups excluding carboxylic acids is 1. The maximum atomic E-state index is 13.8. The molecule has 0 N–H and O–H groups in total. The molecule has 1 aliphatic rings. The fourth-order valence-electron chi connectivity index (χ4n) is 2.68. The molecule has 0 unspecified atom stereocenters. The first kappa shape index (κ1) is 19.7. The van der Waals surface area contributed by atoms with E-state index in [2.05, 4.69) is 15.9 Å². The van der Waals surface area contributed by atoms with Crippen molar-refractivity contribution in [3.8, 4) is 0 Å². The second-order valence-electron chi connectivity index (χ2n) is 5.76. The molecule has 0 aliphatic carbocycles. The molecule has 1 saturated heterocycles. The zero-order chi connectivity index (χ0) is 19.6. The normalized spacial score (nSPS) is 16.2. The first-order chi connectivity index (χ1) is 12.8. The summed E-state index contributed by atoms with van der Waals surface area (Å²) in [5.41, 5.74) is 0. The van der Waals surface area contributed by atoms with E-state index < -0.39 is 26.6 Å². The molecule has 0 atom stereocenters. The van der Waals surface area contributed by atoms with Gasteiger partial charge >= 0.3 is 0 Å². The molecule has 10 heteroatoms. The van der Waals surface area contributed by atoms with Gasteiger partial charge in [-0.3, -0.25) is 4.79 Å². The summed E-state index contributed by atoms with van der Waals surface area (Å²) < 4.78 is 59.5. The molecule has 0 spiro atoms. The summed E-state index contributed by atoms with van der Waals surface area (Å²) in [7, 11) is -4.32. The molecule has 3 rings (SSSR count). The number of sulfonamides is 1. The zero-order valence-electron chi connectivity index (χ0n) is 13.9. The minimum Gasteiger partial charge on any atom is -0.450 e. The number of piperazine rings is 1. The SMILES string of the molecule is O=C(/C=C/c1ccc(Br)o1)N1CCN(S(=O)(=O)c2c(F)cccc2F)CC1. The fraction of sp³-hybridized carbons (Fsp3) is 0.235. The standard InChI is InChI=1S/C17H15BrF2N2O4S/c18-15-6-4-12(26-15)5-7-16(23)21-8-10-22(11-9-21)27(24,25)17-13(19)2-1-3-14(17)20/h1-7H,8-11H2/b7-5+. The molecule has 0 radical (unpaired) electrons. The Bertz CT molecular complexity index is 962. The van der Waals surface area contributed by atoms with Gasteiger partial charge in [0.25, 0.3) is 0 Å². The predicted octanol–water partition coefficient (Wildman–Crippen LogP) is 2.87. The highest BCUT2D eigenvalue weighted by Gasteiger charge is 2.33. The number of rotatable bonds is 4. The Balaban J connectivity index is 1.66. The van der Waals surface area contributed by atoms with E-state index in [1.165, 1.54) is 17.1 Å². The van der Waals surface area contributed by atoms with E-state index in [0.29, 0.717) is 10.4 Å². The van der Waals surface area contributed by atoms with Crippen LogP contribution < -0.4 is 0 Å². The van der Waals surface area contributed by atoms with Crippen molar-refractivity contribution in [2.24, 2.45) is 0 Å². The summed E-state index contributed by atoms with van der Waals surface area (Å²) in [5.74, 6) is -2.09. The average molecular weight is 461 g/mol. The first-order valence-electron chi connectivity index (χ1n) is 7.95. The van der Waals surface area contributed by atoms with Gasteiger partial charge in [0, 0.05) is 32.3 Å². The van der Waals surface area contributed by atoms with Gasteiger partial charge in [-0.2, -0.15) is 4.31 Å². The lowest BCUT2D eigenvalue weighted by Crippen LogP contribution is -2.50. The van der Waals surface area contributed by atoms with E-state index in [0.717, 1.165) is 22.5 Å². The van der Waals surface area contributed by atoms with Crippen LogP contribution in [0.2, 0.25) is 0 Å². The van der Waals surface area contributed by atoms with Gasteiger partial charge in [-0.25, -0.2) is 17.2 Å². The molecule has 144 valence electrons. The van der Waals surface area contributed by atoms with E-state index >= 15 is 0 Å². The van der Waals surface area contributed by atoms with Gasteiger partial charge in [0.1, 0.15) is 17.4 Å². The molecule has 1 aromatic heterocycles. The van der Waals surface area contributed by atoms with Gasteiger partial charge in [-0.15, -0.1) is 0 Å². The topological polar surface area (TPSA) is 70.8 Å². The molecule has 27 heavy (non-hydrogen) atoms. The Kier molecular flexibility index (Phi) is 5.78. The van der Waals surface area contributed by atoms with Crippen molar-refractivity contribution in [3.05, 3.63) is 58.5 Å². The van der Waals surface area contributed by atoms with Crippen molar-refractivity contribution in [3.63, 3.8) is 0 Å². The van der Waals surface area contributed by atoms with Crippen molar-refractivity contribution in [2.75, 3.05) is 26.2 Å². The largest absolute Gasteiger partial charge is 0.450 e. The number of benzene rings is 1. The number of carbonyl (C=O) groups is 1. The van der Waals surface area contributed by atoms with Crippen LogP contribution in [0.3, 0.4) is 0 Å². The monoisotopic (exact) mass is 460 g/mol. The van der Waals surface area contributed by atoms with Crippen LogP contribution in [0.5, 0.6) is 0 Å². The quantitative estimate of drug-likeness (QED) is 0.657. The summed E-state index contributed by atoms with van der Waals surface area (Å²) in [6.07, 6.45) is 2.83. The van der Waals surface area contributed by atoms with E-state index in [1.54, 1.807) is 12.1 Å². The van der Waals surface area contributed by atoms with Gasteiger partial charge in [0.15, 0.2) is 9.56 Å². The molecule has 6 nitrogen and oxygen atoms in total. The molecule has 1 amide bonds. The number of furan rings is 1. The molecule has 2 aromatic rings. The van der Waals surface area contributed by atoms with Crippen molar-refractivity contribution < 1.29 is 26.4 Å². The van der Waals surface area contributed by atoms with Crippen LogP contribution in [0.1, 0.15) is 5.76 Å². The van der Waals surface area contributed by atoms with E-state index in [-0.39, 0.29) is 32.1 Å². The van der Waals surface area contributed by atoms with Gasteiger partial charge in [-0.1, -0.05) is 6.07 Å². The number of hydrogen-bond acceptors (Lipinski definition) is 4. The van der Waals surface area contributed by atoms with E-state index in [1.807, 2.05) is 0 Å². The van der Waals surface area contributed by atoms with Crippen LogP contribution in [-0.2, 0) is 14.8 Å². The molecule has 1 fully saturated rings. The Morgan fingerprint density at radius 3 is 2.26 bits per heavy atom. The lowest BCUT2D eigenvalue weighted by atomic mass is 10.3.